The highest BCUT2D eigenvalue weighted by atomic mass is 35.5. The molecule has 23 heavy (non-hydrogen) atoms. The van der Waals surface area contributed by atoms with Gasteiger partial charge >= 0.3 is 0 Å². The van der Waals surface area contributed by atoms with Crippen molar-refractivity contribution in [2.75, 3.05) is 39.8 Å². The van der Waals surface area contributed by atoms with Crippen LogP contribution in [-0.2, 0) is 14.8 Å². The summed E-state index contributed by atoms with van der Waals surface area (Å²) >= 11 is 5.99. The Balaban J connectivity index is 0.00000264. The van der Waals surface area contributed by atoms with Gasteiger partial charge in [-0.25, -0.2) is 8.42 Å². The van der Waals surface area contributed by atoms with Gasteiger partial charge in [0.05, 0.1) is 11.4 Å². The summed E-state index contributed by atoms with van der Waals surface area (Å²) in [5.41, 5.74) is 0.491. The number of hydrogen-bond donors (Lipinski definition) is 1. The van der Waals surface area contributed by atoms with Crippen molar-refractivity contribution >= 4 is 39.9 Å². The Bertz CT molecular complexity index is 661. The molecule has 0 spiro atoms. The summed E-state index contributed by atoms with van der Waals surface area (Å²) in [4.78, 5) is 14.0. The first-order chi connectivity index (χ1) is 10.3. The van der Waals surface area contributed by atoms with Gasteiger partial charge in [0.1, 0.15) is 0 Å². The molecule has 0 radical (unpaired) electrons. The maximum atomic E-state index is 12.6. The minimum atomic E-state index is -3.74. The van der Waals surface area contributed by atoms with Crippen molar-refractivity contribution < 1.29 is 13.2 Å². The van der Waals surface area contributed by atoms with Crippen LogP contribution in [0.5, 0.6) is 0 Å². The Morgan fingerprint density at radius 2 is 1.96 bits per heavy atom. The number of carbonyl (C=O) groups excluding carboxylic acids is 1. The number of benzene rings is 1. The van der Waals surface area contributed by atoms with Crippen molar-refractivity contribution in [2.45, 2.75) is 11.8 Å². The summed E-state index contributed by atoms with van der Waals surface area (Å²) in [6.45, 7) is 4.15. The van der Waals surface area contributed by atoms with E-state index in [9.17, 15) is 13.2 Å². The van der Waals surface area contributed by atoms with Crippen LogP contribution in [0.1, 0.15) is 5.56 Å². The Hall–Kier alpha value is -0.860. The minimum Gasteiger partial charge on any atom is -0.339 e. The number of nitrogens with one attached hydrogen (secondary N) is 1. The van der Waals surface area contributed by atoms with E-state index in [0.29, 0.717) is 23.7 Å². The molecule has 0 atom stereocenters. The molecule has 1 aromatic carbocycles. The Morgan fingerprint density at radius 3 is 2.57 bits per heavy atom. The average molecular weight is 382 g/mol. The molecule has 1 heterocycles. The number of likely N-dealkylation sites (N-methyl/N-ethyl adjacent to an activating group) is 1. The van der Waals surface area contributed by atoms with E-state index in [1.807, 2.05) is 0 Å². The van der Waals surface area contributed by atoms with Crippen molar-refractivity contribution in [3.05, 3.63) is 28.8 Å². The average Bonchev–Trinajstić information content (AvgIpc) is 2.50. The highest BCUT2D eigenvalue weighted by molar-refractivity contribution is 7.89. The number of hydrogen-bond acceptors (Lipinski definition) is 4. The number of sulfonamides is 1. The summed E-state index contributed by atoms with van der Waals surface area (Å²) in [5, 5.41) is 3.54. The lowest BCUT2D eigenvalue weighted by atomic mass is 10.2. The molecule has 2 rings (SSSR count). The van der Waals surface area contributed by atoms with Crippen LogP contribution in [0.2, 0.25) is 5.02 Å². The second-order valence-corrected chi connectivity index (χ2v) is 7.68. The van der Waals surface area contributed by atoms with E-state index in [1.54, 1.807) is 24.0 Å². The molecule has 0 bridgehead atoms. The fourth-order valence-corrected chi connectivity index (χ4v) is 3.92. The second kappa shape index (κ2) is 8.30. The molecule has 0 unspecified atom stereocenters. The maximum Gasteiger partial charge on any atom is 0.243 e. The van der Waals surface area contributed by atoms with Gasteiger partial charge in [-0.2, -0.15) is 4.31 Å². The number of amides is 1. The van der Waals surface area contributed by atoms with E-state index in [2.05, 4.69) is 5.32 Å². The summed E-state index contributed by atoms with van der Waals surface area (Å²) < 4.78 is 26.3. The number of halogens is 2. The van der Waals surface area contributed by atoms with Crippen LogP contribution in [0.15, 0.2) is 23.1 Å². The molecule has 1 aliphatic rings. The first-order valence-electron chi connectivity index (χ1n) is 7.04. The summed E-state index contributed by atoms with van der Waals surface area (Å²) in [6, 6.07) is 4.73. The number of rotatable bonds is 4. The summed E-state index contributed by atoms with van der Waals surface area (Å²) in [6.07, 6.45) is 0. The molecule has 1 aliphatic heterocycles. The normalized spacial score (nSPS) is 15.4. The third-order valence-electron chi connectivity index (χ3n) is 3.73. The van der Waals surface area contributed by atoms with Crippen LogP contribution < -0.4 is 5.32 Å². The molecule has 1 fully saturated rings. The second-order valence-electron chi connectivity index (χ2n) is 5.25. The summed E-state index contributed by atoms with van der Waals surface area (Å²) in [7, 11) is -2.33. The molecule has 0 saturated carbocycles. The fourth-order valence-electron chi connectivity index (χ4n) is 2.32. The van der Waals surface area contributed by atoms with Gasteiger partial charge in [0, 0.05) is 38.2 Å². The van der Waals surface area contributed by atoms with Crippen molar-refractivity contribution in [1.29, 1.82) is 0 Å². The van der Waals surface area contributed by atoms with Crippen LogP contribution in [0.4, 0.5) is 0 Å². The van der Waals surface area contributed by atoms with Crippen LogP contribution in [0, 0.1) is 6.92 Å². The minimum absolute atomic E-state index is 0. The molecule has 1 N–H and O–H groups in total. The van der Waals surface area contributed by atoms with E-state index < -0.39 is 10.0 Å². The van der Waals surface area contributed by atoms with Crippen molar-refractivity contribution in [1.82, 2.24) is 14.5 Å². The maximum absolute atomic E-state index is 12.6. The standard InChI is InChI=1S/C14H20ClN3O3S.ClH/c1-11-12(15)4-3-5-13(11)22(20,21)17(2)10-14(19)18-8-6-16-7-9-18;/h3-5,16H,6-10H2,1-2H3;1H. The van der Waals surface area contributed by atoms with Gasteiger partial charge in [-0.1, -0.05) is 17.7 Å². The van der Waals surface area contributed by atoms with Gasteiger partial charge in [0.25, 0.3) is 0 Å². The summed E-state index contributed by atoms with van der Waals surface area (Å²) in [5.74, 6) is -0.188. The zero-order valence-electron chi connectivity index (χ0n) is 13.1. The molecule has 130 valence electrons. The molecule has 1 aromatic rings. The van der Waals surface area contributed by atoms with Gasteiger partial charge in [-0.15, -0.1) is 12.4 Å². The largest absolute Gasteiger partial charge is 0.339 e. The quantitative estimate of drug-likeness (QED) is 0.848. The van der Waals surface area contributed by atoms with Crippen LogP contribution in [0.3, 0.4) is 0 Å². The van der Waals surface area contributed by atoms with E-state index in [0.717, 1.165) is 17.4 Å². The van der Waals surface area contributed by atoms with Crippen molar-refractivity contribution in [2.24, 2.45) is 0 Å². The Labute approximate surface area is 148 Å². The fraction of sp³-hybridized carbons (Fsp3) is 0.500. The molecular weight excluding hydrogens is 361 g/mol. The van der Waals surface area contributed by atoms with Crippen LogP contribution >= 0.6 is 24.0 Å². The smallest absolute Gasteiger partial charge is 0.243 e. The first-order valence-corrected chi connectivity index (χ1v) is 8.86. The van der Waals surface area contributed by atoms with E-state index in [4.69, 9.17) is 11.6 Å². The zero-order chi connectivity index (χ0) is 16.3. The van der Waals surface area contributed by atoms with E-state index in [-0.39, 0.29) is 29.8 Å². The topological polar surface area (TPSA) is 69.7 Å². The lowest BCUT2D eigenvalue weighted by molar-refractivity contribution is -0.131. The van der Waals surface area contributed by atoms with E-state index >= 15 is 0 Å². The highest BCUT2D eigenvalue weighted by Gasteiger charge is 2.27. The van der Waals surface area contributed by atoms with Crippen LogP contribution in [0.25, 0.3) is 0 Å². The molecule has 0 aromatic heterocycles. The molecular formula is C14H21Cl2N3O3S. The van der Waals surface area contributed by atoms with Gasteiger partial charge in [0.2, 0.25) is 15.9 Å². The van der Waals surface area contributed by atoms with Gasteiger partial charge < -0.3 is 10.2 Å². The van der Waals surface area contributed by atoms with Crippen molar-refractivity contribution in [3.63, 3.8) is 0 Å². The molecule has 1 amide bonds. The SMILES string of the molecule is Cc1c(Cl)cccc1S(=O)(=O)N(C)CC(=O)N1CCNCC1.Cl. The number of carbonyl (C=O) groups is 1. The lowest BCUT2D eigenvalue weighted by Gasteiger charge is -2.29. The van der Waals surface area contributed by atoms with Crippen molar-refractivity contribution in [3.8, 4) is 0 Å². The Kier molecular flexibility index (Phi) is 7.29. The van der Waals surface area contributed by atoms with Gasteiger partial charge in [-0.3, -0.25) is 4.79 Å². The van der Waals surface area contributed by atoms with Gasteiger partial charge in [-0.05, 0) is 24.6 Å². The van der Waals surface area contributed by atoms with Gasteiger partial charge in [0.15, 0.2) is 0 Å². The lowest BCUT2D eigenvalue weighted by Crippen LogP contribution is -2.49. The molecule has 6 nitrogen and oxygen atoms in total. The highest BCUT2D eigenvalue weighted by Crippen LogP contribution is 2.24. The molecule has 0 aliphatic carbocycles. The molecule has 1 saturated heterocycles. The van der Waals surface area contributed by atoms with E-state index in [1.165, 1.54) is 13.1 Å². The third-order valence-corrected chi connectivity index (χ3v) is 6.09. The third kappa shape index (κ3) is 4.58. The number of piperazine rings is 1. The first kappa shape index (κ1) is 20.2. The predicted octanol–water partition coefficient (Wildman–Crippen LogP) is 1.12. The predicted molar refractivity (Wildman–Crippen MR) is 92.7 cm³/mol. The Morgan fingerprint density at radius 1 is 1.35 bits per heavy atom. The molecule has 9 heteroatoms. The number of nitrogens with zero attached hydrogens (tertiary/aromatic N) is 2. The zero-order valence-corrected chi connectivity index (χ0v) is 15.5. The van der Waals surface area contributed by atoms with Crippen LogP contribution in [-0.4, -0.2) is 63.3 Å². The monoisotopic (exact) mass is 381 g/mol.